The molecule has 1 aliphatic rings. The quantitative estimate of drug-likeness (QED) is 0.610. The van der Waals surface area contributed by atoms with E-state index in [0.29, 0.717) is 5.92 Å². The largest absolute Gasteiger partial charge is 0.411 e. The second-order valence-electron chi connectivity index (χ2n) is 8.33. The fourth-order valence-corrected chi connectivity index (χ4v) is 4.19. The van der Waals surface area contributed by atoms with E-state index in [2.05, 4.69) is 53.8 Å². The molecule has 0 aliphatic heterocycles. The van der Waals surface area contributed by atoms with E-state index in [1.807, 2.05) is 13.0 Å². The maximum atomic E-state index is 10.0. The van der Waals surface area contributed by atoms with Crippen molar-refractivity contribution in [2.75, 3.05) is 0 Å². The van der Waals surface area contributed by atoms with Gasteiger partial charge in [0.15, 0.2) is 8.32 Å². The van der Waals surface area contributed by atoms with Crippen LogP contribution in [0.5, 0.6) is 0 Å². The van der Waals surface area contributed by atoms with Gasteiger partial charge in [0.1, 0.15) is 0 Å². The Morgan fingerprint density at radius 1 is 1.21 bits per heavy atom. The van der Waals surface area contributed by atoms with Crippen LogP contribution in [0, 0.1) is 5.92 Å². The van der Waals surface area contributed by atoms with Crippen LogP contribution in [0.1, 0.15) is 54.4 Å². The summed E-state index contributed by atoms with van der Waals surface area (Å²) in [6, 6.07) is 0. The highest BCUT2D eigenvalue weighted by Gasteiger charge is 2.44. The molecule has 3 heteroatoms. The molecule has 19 heavy (non-hydrogen) atoms. The molecule has 0 fully saturated rings. The van der Waals surface area contributed by atoms with E-state index < -0.39 is 13.9 Å². The summed E-state index contributed by atoms with van der Waals surface area (Å²) < 4.78 is 6.60. The lowest BCUT2D eigenvalue weighted by Crippen LogP contribution is -2.50. The van der Waals surface area contributed by atoms with Gasteiger partial charge in [-0.3, -0.25) is 0 Å². The standard InChI is InChI=1S/C16H32O2Si/c1-14(2,3)19(7,8)18-15(4,5)13-9-11-16(6,17)12-10-13/h9,11,13,17H,10,12H2,1-8H3/t13-,16-/m0/s1. The first-order valence-electron chi connectivity index (χ1n) is 7.39. The van der Waals surface area contributed by atoms with Crippen LogP contribution >= 0.6 is 0 Å². The molecule has 0 aromatic carbocycles. The van der Waals surface area contributed by atoms with E-state index in [9.17, 15) is 5.11 Å². The highest BCUT2D eigenvalue weighted by molar-refractivity contribution is 6.74. The molecular weight excluding hydrogens is 252 g/mol. The van der Waals surface area contributed by atoms with Gasteiger partial charge in [-0.1, -0.05) is 32.9 Å². The van der Waals surface area contributed by atoms with Crippen LogP contribution in [0.4, 0.5) is 0 Å². The monoisotopic (exact) mass is 284 g/mol. The maximum Gasteiger partial charge on any atom is 0.192 e. The molecule has 0 aromatic heterocycles. The Balaban J connectivity index is 2.83. The van der Waals surface area contributed by atoms with Crippen molar-refractivity contribution >= 4 is 8.32 Å². The van der Waals surface area contributed by atoms with E-state index in [1.54, 1.807) is 0 Å². The Hall–Kier alpha value is -0.123. The van der Waals surface area contributed by atoms with Crippen molar-refractivity contribution in [3.63, 3.8) is 0 Å². The summed E-state index contributed by atoms with van der Waals surface area (Å²) in [6.07, 6.45) is 5.90. The second-order valence-corrected chi connectivity index (χ2v) is 13.1. The minimum atomic E-state index is -1.76. The van der Waals surface area contributed by atoms with Crippen LogP contribution in [-0.2, 0) is 4.43 Å². The SMILES string of the molecule is CC(C)(O[Si](C)(C)C(C)(C)C)[C@H]1C=C[C@](C)(O)CC1. The number of rotatable bonds is 3. The molecule has 2 nitrogen and oxygen atoms in total. The molecule has 112 valence electrons. The lowest BCUT2D eigenvalue weighted by Gasteiger charge is -2.46. The van der Waals surface area contributed by atoms with Gasteiger partial charge in [-0.2, -0.15) is 0 Å². The molecule has 2 atom stereocenters. The van der Waals surface area contributed by atoms with E-state index in [0.717, 1.165) is 12.8 Å². The lowest BCUT2D eigenvalue weighted by molar-refractivity contribution is 0.0206. The average molecular weight is 285 g/mol. The Morgan fingerprint density at radius 3 is 2.11 bits per heavy atom. The van der Waals surface area contributed by atoms with Crippen molar-refractivity contribution in [3.8, 4) is 0 Å². The molecule has 0 amide bonds. The Kier molecular flexibility index (Phi) is 4.47. The highest BCUT2D eigenvalue weighted by atomic mass is 28.4. The molecule has 0 radical (unpaired) electrons. The highest BCUT2D eigenvalue weighted by Crippen LogP contribution is 2.42. The van der Waals surface area contributed by atoms with Crippen LogP contribution < -0.4 is 0 Å². The topological polar surface area (TPSA) is 29.5 Å². The average Bonchev–Trinajstić information content (AvgIpc) is 2.12. The van der Waals surface area contributed by atoms with Gasteiger partial charge in [0.25, 0.3) is 0 Å². The van der Waals surface area contributed by atoms with Gasteiger partial charge in [0.2, 0.25) is 0 Å². The van der Waals surface area contributed by atoms with Crippen LogP contribution in [0.15, 0.2) is 12.2 Å². The Bertz CT molecular complexity index is 348. The zero-order valence-electron chi connectivity index (χ0n) is 14.0. The van der Waals surface area contributed by atoms with Gasteiger partial charge in [-0.25, -0.2) is 0 Å². The Morgan fingerprint density at radius 2 is 1.74 bits per heavy atom. The summed E-state index contributed by atoms with van der Waals surface area (Å²) in [5.74, 6) is 0.391. The molecule has 1 rings (SSSR count). The first kappa shape index (κ1) is 16.9. The van der Waals surface area contributed by atoms with E-state index >= 15 is 0 Å². The van der Waals surface area contributed by atoms with Crippen LogP contribution in [-0.4, -0.2) is 24.6 Å². The van der Waals surface area contributed by atoms with Crippen LogP contribution in [0.2, 0.25) is 18.1 Å². The van der Waals surface area contributed by atoms with Crippen LogP contribution in [0.3, 0.4) is 0 Å². The van der Waals surface area contributed by atoms with E-state index in [1.165, 1.54) is 0 Å². The number of aliphatic hydroxyl groups is 1. The predicted octanol–water partition coefficient (Wildman–Crippen LogP) is 4.50. The van der Waals surface area contributed by atoms with Gasteiger partial charge in [-0.05, 0) is 51.7 Å². The molecule has 1 N–H and O–H groups in total. The van der Waals surface area contributed by atoms with Crippen molar-refractivity contribution < 1.29 is 9.53 Å². The molecule has 0 spiro atoms. The molecule has 0 saturated heterocycles. The van der Waals surface area contributed by atoms with Gasteiger partial charge >= 0.3 is 0 Å². The third-order valence-electron chi connectivity index (χ3n) is 4.87. The number of hydrogen-bond acceptors (Lipinski definition) is 2. The smallest absolute Gasteiger partial charge is 0.192 e. The zero-order valence-corrected chi connectivity index (χ0v) is 15.0. The molecule has 0 saturated carbocycles. The molecule has 0 bridgehead atoms. The van der Waals surface area contributed by atoms with E-state index in [-0.39, 0.29) is 10.6 Å². The van der Waals surface area contributed by atoms with Gasteiger partial charge < -0.3 is 9.53 Å². The van der Waals surface area contributed by atoms with E-state index in [4.69, 9.17) is 4.43 Å². The van der Waals surface area contributed by atoms with Gasteiger partial charge in [0.05, 0.1) is 11.2 Å². The molecule has 1 aliphatic carbocycles. The van der Waals surface area contributed by atoms with Crippen molar-refractivity contribution in [1.82, 2.24) is 0 Å². The van der Waals surface area contributed by atoms with Crippen molar-refractivity contribution in [3.05, 3.63) is 12.2 Å². The maximum absolute atomic E-state index is 10.0. The minimum Gasteiger partial charge on any atom is -0.411 e. The third-order valence-corrected chi connectivity index (χ3v) is 9.52. The summed E-state index contributed by atoms with van der Waals surface area (Å²) in [6.45, 7) is 17.7. The van der Waals surface area contributed by atoms with Crippen LogP contribution in [0.25, 0.3) is 0 Å². The van der Waals surface area contributed by atoms with Crippen molar-refractivity contribution in [2.45, 2.75) is 83.7 Å². The summed E-state index contributed by atoms with van der Waals surface area (Å²) in [5.41, 5.74) is -0.792. The first-order valence-corrected chi connectivity index (χ1v) is 10.3. The first-order chi connectivity index (χ1) is 8.27. The van der Waals surface area contributed by atoms with Crippen molar-refractivity contribution in [2.24, 2.45) is 5.92 Å². The molecule has 0 unspecified atom stereocenters. The summed E-state index contributed by atoms with van der Waals surface area (Å²) in [7, 11) is -1.76. The second kappa shape index (κ2) is 5.01. The molecule has 0 aromatic rings. The number of hydrogen-bond donors (Lipinski definition) is 1. The van der Waals surface area contributed by atoms with Crippen molar-refractivity contribution in [1.29, 1.82) is 0 Å². The van der Waals surface area contributed by atoms with Gasteiger partial charge in [0, 0.05) is 5.92 Å². The minimum absolute atomic E-state index is 0.157. The van der Waals surface area contributed by atoms with Gasteiger partial charge in [-0.15, -0.1) is 0 Å². The lowest BCUT2D eigenvalue weighted by atomic mass is 9.79. The summed E-state index contributed by atoms with van der Waals surface area (Å²) >= 11 is 0. The summed E-state index contributed by atoms with van der Waals surface area (Å²) in [5, 5.41) is 10.2. The summed E-state index contributed by atoms with van der Waals surface area (Å²) in [4.78, 5) is 0. The zero-order chi connectivity index (χ0) is 15.1. The normalized spacial score (nSPS) is 29.6. The fourth-order valence-electron chi connectivity index (χ4n) is 2.42. The third kappa shape index (κ3) is 4.17. The predicted molar refractivity (Wildman–Crippen MR) is 84.8 cm³/mol. The Labute approximate surface area is 120 Å². The molecular formula is C16H32O2Si. The fraction of sp³-hybridized carbons (Fsp3) is 0.875. The molecule has 0 heterocycles.